The van der Waals surface area contributed by atoms with Crippen LogP contribution < -0.4 is 4.74 Å². The molecule has 0 bridgehead atoms. The van der Waals surface area contributed by atoms with Crippen molar-refractivity contribution >= 4 is 0 Å². The molecule has 1 spiro atoms. The highest BCUT2D eigenvalue weighted by atomic mass is 16.5. The van der Waals surface area contributed by atoms with E-state index in [2.05, 4.69) is 48.3 Å². The third-order valence-electron chi connectivity index (χ3n) is 7.30. The summed E-state index contributed by atoms with van der Waals surface area (Å²) in [7, 11) is 0. The number of fused-ring (bicyclic) bond motifs is 3. The third-order valence-corrected chi connectivity index (χ3v) is 7.30. The van der Waals surface area contributed by atoms with Gasteiger partial charge in [0.25, 0.3) is 0 Å². The molecule has 1 aliphatic heterocycles. The normalized spacial score (nSPS) is 37.0. The summed E-state index contributed by atoms with van der Waals surface area (Å²) in [6.07, 6.45) is 9.26. The minimum absolute atomic E-state index is 0.00396. The molecule has 2 aromatic rings. The fraction of sp³-hybridized carbons (Fsp3) is 0.500. The summed E-state index contributed by atoms with van der Waals surface area (Å²) < 4.78 is 6.61. The Kier molecular flexibility index (Phi) is 3.07. The summed E-state index contributed by atoms with van der Waals surface area (Å²) in [5.41, 5.74) is 2.98. The second-order valence-electron chi connectivity index (χ2n) is 8.26. The van der Waals surface area contributed by atoms with Crippen molar-refractivity contribution in [3.05, 3.63) is 59.9 Å². The Morgan fingerprint density at radius 3 is 2.75 bits per heavy atom. The largest absolute Gasteiger partial charge is 0.484 e. The Hall–Kier alpha value is -1.83. The quantitative estimate of drug-likeness (QED) is 0.726. The Labute approximate surface area is 144 Å². The lowest BCUT2D eigenvalue weighted by Crippen LogP contribution is -2.50. The molecule has 2 nitrogen and oxygen atoms in total. The van der Waals surface area contributed by atoms with E-state index >= 15 is 0 Å². The van der Waals surface area contributed by atoms with Gasteiger partial charge in [-0.25, -0.2) is 0 Å². The van der Waals surface area contributed by atoms with Gasteiger partial charge in [-0.1, -0.05) is 37.3 Å². The van der Waals surface area contributed by atoms with Gasteiger partial charge < -0.3 is 4.74 Å². The molecule has 3 aliphatic rings. The first-order chi connectivity index (χ1) is 11.7. The highest BCUT2D eigenvalue weighted by molar-refractivity contribution is 5.36. The van der Waals surface area contributed by atoms with Gasteiger partial charge in [0.05, 0.1) is 5.69 Å². The predicted octanol–water partition coefficient (Wildman–Crippen LogP) is 5.14. The maximum Gasteiger partial charge on any atom is 0.141 e. The van der Waals surface area contributed by atoms with Crippen LogP contribution >= 0.6 is 0 Å². The van der Waals surface area contributed by atoms with Crippen molar-refractivity contribution in [2.45, 2.75) is 57.0 Å². The number of nitrogens with zero attached hydrogens (tertiary/aromatic N) is 1. The zero-order valence-electron chi connectivity index (χ0n) is 14.4. The number of hydrogen-bond acceptors (Lipinski definition) is 2. The van der Waals surface area contributed by atoms with Crippen molar-refractivity contribution in [2.75, 3.05) is 0 Å². The molecule has 5 rings (SSSR count). The van der Waals surface area contributed by atoms with Crippen LogP contribution in [0.25, 0.3) is 0 Å². The Bertz CT molecular complexity index is 731. The standard InChI is InChI=1S/C22H25NO/c1-21-11-9-17(16-6-3-2-4-7-16)14-18(21)10-12-22(21)15-19-20(24-22)8-5-13-23-19/h2-8,13,17-18H,9-12,14-15H2,1H3/t17-,18?,21?,22?/m0/s1. The second kappa shape index (κ2) is 5.08. The van der Waals surface area contributed by atoms with E-state index in [-0.39, 0.29) is 5.60 Å². The maximum absolute atomic E-state index is 6.61. The number of benzene rings is 1. The summed E-state index contributed by atoms with van der Waals surface area (Å²) in [6, 6.07) is 15.2. The van der Waals surface area contributed by atoms with E-state index in [1.807, 2.05) is 12.3 Å². The van der Waals surface area contributed by atoms with Crippen LogP contribution in [0.4, 0.5) is 0 Å². The van der Waals surface area contributed by atoms with Crippen LogP contribution in [0.1, 0.15) is 56.2 Å². The predicted molar refractivity (Wildman–Crippen MR) is 95.2 cm³/mol. The molecule has 2 aliphatic carbocycles. The molecule has 2 heterocycles. The van der Waals surface area contributed by atoms with Crippen LogP contribution in [0.15, 0.2) is 48.7 Å². The second-order valence-corrected chi connectivity index (χ2v) is 8.26. The molecule has 0 saturated heterocycles. The maximum atomic E-state index is 6.61. The van der Waals surface area contributed by atoms with Crippen molar-refractivity contribution in [2.24, 2.45) is 11.3 Å². The summed E-state index contributed by atoms with van der Waals surface area (Å²) in [4.78, 5) is 4.58. The van der Waals surface area contributed by atoms with Crippen molar-refractivity contribution < 1.29 is 4.74 Å². The molecule has 0 amide bonds. The van der Waals surface area contributed by atoms with Gasteiger partial charge in [0, 0.05) is 18.0 Å². The molecule has 2 saturated carbocycles. The fourth-order valence-electron chi connectivity index (χ4n) is 5.78. The fourth-order valence-corrected chi connectivity index (χ4v) is 5.78. The van der Waals surface area contributed by atoms with Crippen molar-refractivity contribution in [1.82, 2.24) is 4.98 Å². The van der Waals surface area contributed by atoms with Gasteiger partial charge in [0.15, 0.2) is 0 Å². The number of hydrogen-bond donors (Lipinski definition) is 0. The van der Waals surface area contributed by atoms with Gasteiger partial charge in [-0.2, -0.15) is 0 Å². The van der Waals surface area contributed by atoms with Crippen LogP contribution in [-0.2, 0) is 6.42 Å². The van der Waals surface area contributed by atoms with E-state index < -0.39 is 0 Å². The van der Waals surface area contributed by atoms with Gasteiger partial charge >= 0.3 is 0 Å². The smallest absolute Gasteiger partial charge is 0.141 e. The molecule has 0 radical (unpaired) electrons. The van der Waals surface area contributed by atoms with E-state index in [1.165, 1.54) is 43.4 Å². The first kappa shape index (κ1) is 14.5. The number of rotatable bonds is 1. The summed E-state index contributed by atoms with van der Waals surface area (Å²) in [5.74, 6) is 2.52. The SMILES string of the molecule is CC12CC[C@H](c3ccccc3)CC1CCC21Cc2ncccc2O1. The lowest BCUT2D eigenvalue weighted by atomic mass is 9.59. The van der Waals surface area contributed by atoms with Crippen LogP contribution in [0.5, 0.6) is 5.75 Å². The number of aromatic nitrogens is 1. The molecule has 24 heavy (non-hydrogen) atoms. The first-order valence-corrected chi connectivity index (χ1v) is 9.38. The van der Waals surface area contributed by atoms with Crippen LogP contribution in [0.2, 0.25) is 0 Å². The molecule has 2 heteroatoms. The molecule has 3 unspecified atom stereocenters. The van der Waals surface area contributed by atoms with E-state index in [0.29, 0.717) is 5.41 Å². The molecular weight excluding hydrogens is 294 g/mol. The molecule has 0 N–H and O–H groups in total. The van der Waals surface area contributed by atoms with Crippen LogP contribution in [-0.4, -0.2) is 10.6 Å². The Morgan fingerprint density at radius 2 is 1.92 bits per heavy atom. The van der Waals surface area contributed by atoms with Crippen LogP contribution in [0, 0.1) is 11.3 Å². The molecule has 4 atom stereocenters. The highest BCUT2D eigenvalue weighted by Gasteiger charge is 2.62. The average molecular weight is 319 g/mol. The third kappa shape index (κ3) is 1.92. The van der Waals surface area contributed by atoms with E-state index in [1.54, 1.807) is 0 Å². The van der Waals surface area contributed by atoms with Crippen molar-refractivity contribution in [1.29, 1.82) is 0 Å². The lowest BCUT2D eigenvalue weighted by Gasteiger charge is -2.48. The zero-order chi connectivity index (χ0) is 16.2. The molecule has 2 fully saturated rings. The Balaban J connectivity index is 1.43. The van der Waals surface area contributed by atoms with Crippen LogP contribution in [0.3, 0.4) is 0 Å². The van der Waals surface area contributed by atoms with Crippen molar-refractivity contribution in [3.8, 4) is 5.75 Å². The zero-order valence-corrected chi connectivity index (χ0v) is 14.4. The van der Waals surface area contributed by atoms with Gasteiger partial charge in [-0.05, 0) is 61.6 Å². The summed E-state index contributed by atoms with van der Waals surface area (Å²) in [6.45, 7) is 2.50. The van der Waals surface area contributed by atoms with E-state index in [9.17, 15) is 0 Å². The molecular formula is C22H25NO. The minimum atomic E-state index is -0.00396. The van der Waals surface area contributed by atoms with E-state index in [0.717, 1.165) is 24.0 Å². The average Bonchev–Trinajstić information content (AvgIpc) is 3.14. The summed E-state index contributed by atoms with van der Waals surface area (Å²) in [5, 5.41) is 0. The molecule has 1 aromatic heterocycles. The topological polar surface area (TPSA) is 22.1 Å². The minimum Gasteiger partial charge on any atom is -0.484 e. The Morgan fingerprint density at radius 1 is 1.04 bits per heavy atom. The van der Waals surface area contributed by atoms with Crippen molar-refractivity contribution in [3.63, 3.8) is 0 Å². The lowest BCUT2D eigenvalue weighted by molar-refractivity contribution is -0.0518. The highest BCUT2D eigenvalue weighted by Crippen LogP contribution is 2.63. The number of pyridine rings is 1. The van der Waals surface area contributed by atoms with E-state index in [4.69, 9.17) is 4.74 Å². The summed E-state index contributed by atoms with van der Waals surface area (Å²) >= 11 is 0. The van der Waals surface area contributed by atoms with Gasteiger partial charge in [-0.3, -0.25) is 4.98 Å². The molecule has 1 aromatic carbocycles. The van der Waals surface area contributed by atoms with Gasteiger partial charge in [0.2, 0.25) is 0 Å². The monoisotopic (exact) mass is 319 g/mol. The van der Waals surface area contributed by atoms with Gasteiger partial charge in [-0.15, -0.1) is 0 Å². The van der Waals surface area contributed by atoms with Gasteiger partial charge in [0.1, 0.15) is 11.4 Å². The first-order valence-electron chi connectivity index (χ1n) is 9.38. The number of ether oxygens (including phenoxy) is 1. The molecule has 124 valence electrons.